The quantitative estimate of drug-likeness (QED) is 0.628. The zero-order valence-corrected chi connectivity index (χ0v) is 13.5. The lowest BCUT2D eigenvalue weighted by atomic mass is 10.1. The Bertz CT molecular complexity index is 688. The molecule has 0 saturated carbocycles. The SMILES string of the molecule is COCc1ccc(C#Cc2ccc(CCC(=O)OC)cc2)cc1. The number of methoxy groups -OCH3 is 2. The first-order chi connectivity index (χ1) is 11.2. The average Bonchev–Trinajstić information content (AvgIpc) is 2.60. The molecule has 2 rings (SSSR count). The Morgan fingerprint density at radius 1 is 0.870 bits per heavy atom. The van der Waals surface area contributed by atoms with Crippen LogP contribution in [-0.4, -0.2) is 20.2 Å². The van der Waals surface area contributed by atoms with Gasteiger partial charge in [0.25, 0.3) is 0 Å². The van der Waals surface area contributed by atoms with Crippen LogP contribution in [0.2, 0.25) is 0 Å². The molecule has 0 fully saturated rings. The molecule has 0 saturated heterocycles. The van der Waals surface area contributed by atoms with Crippen LogP contribution in [0.15, 0.2) is 48.5 Å². The fourth-order valence-corrected chi connectivity index (χ4v) is 2.10. The van der Waals surface area contributed by atoms with Gasteiger partial charge in [0.05, 0.1) is 13.7 Å². The Hall–Kier alpha value is -2.57. The highest BCUT2D eigenvalue weighted by Gasteiger charge is 2.01. The molecule has 0 amide bonds. The van der Waals surface area contributed by atoms with Gasteiger partial charge in [0.1, 0.15) is 0 Å². The zero-order chi connectivity index (χ0) is 16.5. The number of hydrogen-bond donors (Lipinski definition) is 0. The van der Waals surface area contributed by atoms with Crippen molar-refractivity contribution in [2.75, 3.05) is 14.2 Å². The number of carbonyl (C=O) groups is 1. The number of ether oxygens (including phenoxy) is 2. The molecule has 0 aliphatic heterocycles. The van der Waals surface area contributed by atoms with E-state index >= 15 is 0 Å². The summed E-state index contributed by atoms with van der Waals surface area (Å²) < 4.78 is 9.72. The van der Waals surface area contributed by atoms with Crippen molar-refractivity contribution in [1.82, 2.24) is 0 Å². The van der Waals surface area contributed by atoms with Gasteiger partial charge in [-0.2, -0.15) is 0 Å². The molecule has 118 valence electrons. The molecule has 0 heterocycles. The van der Waals surface area contributed by atoms with Crippen molar-refractivity contribution in [3.63, 3.8) is 0 Å². The Kier molecular flexibility index (Phi) is 6.40. The summed E-state index contributed by atoms with van der Waals surface area (Å²) in [4.78, 5) is 11.1. The lowest BCUT2D eigenvalue weighted by Crippen LogP contribution is -2.01. The third-order valence-corrected chi connectivity index (χ3v) is 3.42. The number of carbonyl (C=O) groups excluding carboxylic acids is 1. The van der Waals surface area contributed by atoms with E-state index in [0.29, 0.717) is 19.4 Å². The minimum absolute atomic E-state index is 0.189. The maximum Gasteiger partial charge on any atom is 0.305 e. The molecule has 0 spiro atoms. The standard InChI is InChI=1S/C20H20O3/c1-22-15-19-11-9-17(10-12-19)4-3-16-5-7-18(8-6-16)13-14-20(21)23-2/h5-12H,13-15H2,1-2H3. The number of esters is 1. The maximum atomic E-state index is 11.1. The van der Waals surface area contributed by atoms with E-state index in [9.17, 15) is 4.79 Å². The summed E-state index contributed by atoms with van der Waals surface area (Å²) in [6.45, 7) is 0.612. The van der Waals surface area contributed by atoms with Crippen molar-refractivity contribution >= 4 is 5.97 Å². The predicted octanol–water partition coefficient (Wildman–Crippen LogP) is 3.34. The van der Waals surface area contributed by atoms with Gasteiger partial charge in [-0.15, -0.1) is 0 Å². The van der Waals surface area contributed by atoms with E-state index in [1.165, 1.54) is 7.11 Å². The number of aryl methyl sites for hydroxylation is 1. The van der Waals surface area contributed by atoms with Gasteiger partial charge in [0.2, 0.25) is 0 Å². The monoisotopic (exact) mass is 308 g/mol. The second kappa shape index (κ2) is 8.77. The van der Waals surface area contributed by atoms with E-state index in [0.717, 1.165) is 22.3 Å². The Balaban J connectivity index is 1.97. The molecule has 2 aromatic rings. The number of rotatable bonds is 5. The fraction of sp³-hybridized carbons (Fsp3) is 0.250. The van der Waals surface area contributed by atoms with Crippen LogP contribution < -0.4 is 0 Å². The van der Waals surface area contributed by atoms with Crippen molar-refractivity contribution in [3.05, 3.63) is 70.8 Å². The van der Waals surface area contributed by atoms with Gasteiger partial charge in [-0.3, -0.25) is 4.79 Å². The summed E-state index contributed by atoms with van der Waals surface area (Å²) in [5.74, 6) is 6.10. The third kappa shape index (κ3) is 5.61. The van der Waals surface area contributed by atoms with E-state index in [4.69, 9.17) is 4.74 Å². The van der Waals surface area contributed by atoms with E-state index in [1.54, 1.807) is 7.11 Å². The summed E-state index contributed by atoms with van der Waals surface area (Å²) in [6.07, 6.45) is 1.08. The van der Waals surface area contributed by atoms with Gasteiger partial charge in [-0.1, -0.05) is 36.1 Å². The molecule has 2 aromatic carbocycles. The number of hydrogen-bond acceptors (Lipinski definition) is 3. The van der Waals surface area contributed by atoms with Crippen LogP contribution in [0, 0.1) is 11.8 Å². The van der Waals surface area contributed by atoms with Gasteiger partial charge in [0.15, 0.2) is 0 Å². The molecule has 0 aliphatic carbocycles. The predicted molar refractivity (Wildman–Crippen MR) is 89.9 cm³/mol. The summed E-state index contributed by atoms with van der Waals surface area (Å²) in [7, 11) is 3.09. The lowest BCUT2D eigenvalue weighted by Gasteiger charge is -2.00. The van der Waals surface area contributed by atoms with Crippen molar-refractivity contribution in [1.29, 1.82) is 0 Å². The maximum absolute atomic E-state index is 11.1. The summed E-state index contributed by atoms with van der Waals surface area (Å²) >= 11 is 0. The van der Waals surface area contributed by atoms with Crippen molar-refractivity contribution in [2.24, 2.45) is 0 Å². The molecule has 0 radical (unpaired) electrons. The van der Waals surface area contributed by atoms with Gasteiger partial charge in [-0.25, -0.2) is 0 Å². The molecule has 0 bridgehead atoms. The van der Waals surface area contributed by atoms with Crippen LogP contribution in [0.1, 0.15) is 28.7 Å². The number of benzene rings is 2. The van der Waals surface area contributed by atoms with Crippen LogP contribution in [0.4, 0.5) is 0 Å². The molecule has 23 heavy (non-hydrogen) atoms. The van der Waals surface area contributed by atoms with E-state index in [-0.39, 0.29) is 5.97 Å². The van der Waals surface area contributed by atoms with Crippen molar-refractivity contribution in [3.8, 4) is 11.8 Å². The van der Waals surface area contributed by atoms with Crippen LogP contribution in [0.3, 0.4) is 0 Å². The normalized spacial score (nSPS) is 9.83. The molecule has 0 aliphatic rings. The second-order valence-corrected chi connectivity index (χ2v) is 5.15. The molecule has 0 atom stereocenters. The smallest absolute Gasteiger partial charge is 0.305 e. The minimum Gasteiger partial charge on any atom is -0.469 e. The summed E-state index contributed by atoms with van der Waals surface area (Å²) in [5.41, 5.74) is 4.16. The van der Waals surface area contributed by atoms with E-state index < -0.39 is 0 Å². The molecule has 0 N–H and O–H groups in total. The first kappa shape index (κ1) is 16.8. The Morgan fingerprint density at radius 3 is 1.87 bits per heavy atom. The fourth-order valence-electron chi connectivity index (χ4n) is 2.10. The Labute approximate surface area is 137 Å². The van der Waals surface area contributed by atoms with E-state index in [1.807, 2.05) is 48.5 Å². The van der Waals surface area contributed by atoms with Gasteiger partial charge >= 0.3 is 5.97 Å². The van der Waals surface area contributed by atoms with Gasteiger partial charge in [0, 0.05) is 24.7 Å². The molecular weight excluding hydrogens is 288 g/mol. The van der Waals surface area contributed by atoms with Gasteiger partial charge in [-0.05, 0) is 41.8 Å². The lowest BCUT2D eigenvalue weighted by molar-refractivity contribution is -0.140. The van der Waals surface area contributed by atoms with Crippen LogP contribution in [0.25, 0.3) is 0 Å². The van der Waals surface area contributed by atoms with Crippen LogP contribution >= 0.6 is 0 Å². The second-order valence-electron chi connectivity index (χ2n) is 5.15. The highest BCUT2D eigenvalue weighted by atomic mass is 16.5. The molecular formula is C20H20O3. The Morgan fingerprint density at radius 2 is 1.39 bits per heavy atom. The topological polar surface area (TPSA) is 35.5 Å². The summed E-state index contributed by atoms with van der Waals surface area (Å²) in [6, 6.07) is 16.0. The van der Waals surface area contributed by atoms with Gasteiger partial charge < -0.3 is 9.47 Å². The third-order valence-electron chi connectivity index (χ3n) is 3.42. The highest BCUT2D eigenvalue weighted by Crippen LogP contribution is 2.08. The van der Waals surface area contributed by atoms with Crippen LogP contribution in [-0.2, 0) is 27.3 Å². The first-order valence-corrected chi connectivity index (χ1v) is 7.47. The molecule has 0 unspecified atom stereocenters. The molecule has 3 nitrogen and oxygen atoms in total. The average molecular weight is 308 g/mol. The molecule has 0 aromatic heterocycles. The summed E-state index contributed by atoms with van der Waals surface area (Å²) in [5, 5.41) is 0. The van der Waals surface area contributed by atoms with Crippen molar-refractivity contribution < 1.29 is 14.3 Å². The van der Waals surface area contributed by atoms with Crippen LogP contribution in [0.5, 0.6) is 0 Å². The largest absolute Gasteiger partial charge is 0.469 e. The van der Waals surface area contributed by atoms with Crippen molar-refractivity contribution in [2.45, 2.75) is 19.4 Å². The molecule has 3 heteroatoms. The first-order valence-electron chi connectivity index (χ1n) is 7.47. The van der Waals surface area contributed by atoms with E-state index in [2.05, 4.69) is 16.6 Å². The zero-order valence-electron chi connectivity index (χ0n) is 13.5. The highest BCUT2D eigenvalue weighted by molar-refractivity contribution is 5.69. The minimum atomic E-state index is -0.189.